The second-order valence-electron chi connectivity index (χ2n) is 5.54. The molecule has 4 atom stereocenters. The van der Waals surface area contributed by atoms with Crippen LogP contribution in [-0.4, -0.2) is 49.8 Å². The van der Waals surface area contributed by atoms with Crippen LogP contribution >= 0.6 is 0 Å². The quantitative estimate of drug-likeness (QED) is 0.525. The van der Waals surface area contributed by atoms with E-state index in [2.05, 4.69) is 11.9 Å². The Morgan fingerprint density at radius 2 is 2.17 bits per heavy atom. The van der Waals surface area contributed by atoms with E-state index in [1.807, 2.05) is 6.08 Å². The van der Waals surface area contributed by atoms with Crippen LogP contribution in [0.5, 0.6) is 0 Å². The van der Waals surface area contributed by atoms with Crippen molar-refractivity contribution < 1.29 is 20.1 Å². The molecule has 0 amide bonds. The smallest absolute Gasteiger partial charge is 0.351 e. The van der Waals surface area contributed by atoms with Gasteiger partial charge < -0.3 is 25.8 Å². The normalized spacial score (nSPS) is 27.8. The molecule has 2 unspecified atom stereocenters. The Morgan fingerprint density at radius 1 is 1.43 bits per heavy atom. The number of rotatable bonds is 6. The lowest BCUT2D eigenvalue weighted by molar-refractivity contribution is -0.0549. The molecule has 128 valence electrons. The lowest BCUT2D eigenvalue weighted by atomic mass is 10.1. The van der Waals surface area contributed by atoms with E-state index in [1.54, 1.807) is 6.08 Å². The van der Waals surface area contributed by atoms with E-state index in [1.165, 1.54) is 6.20 Å². The van der Waals surface area contributed by atoms with E-state index in [9.17, 15) is 15.0 Å². The van der Waals surface area contributed by atoms with Gasteiger partial charge in [-0.15, -0.1) is 0 Å². The van der Waals surface area contributed by atoms with Gasteiger partial charge in [0.05, 0.1) is 6.61 Å². The Kier molecular flexibility index (Phi) is 5.89. The number of nitrogen functional groups attached to an aromatic ring is 1. The fraction of sp³-hybridized carbons (Fsp3) is 0.600. The number of nitrogens with two attached hydrogens (primary N) is 1. The summed E-state index contributed by atoms with van der Waals surface area (Å²) in [7, 11) is 0. The summed E-state index contributed by atoms with van der Waals surface area (Å²) in [6.45, 7) is 1.63. The first-order valence-electron chi connectivity index (χ1n) is 7.67. The van der Waals surface area contributed by atoms with Gasteiger partial charge in [0.25, 0.3) is 0 Å². The van der Waals surface area contributed by atoms with Gasteiger partial charge in [-0.2, -0.15) is 4.98 Å². The van der Waals surface area contributed by atoms with Gasteiger partial charge in [0.1, 0.15) is 24.1 Å². The molecule has 0 spiro atoms. The number of aromatic nitrogens is 2. The van der Waals surface area contributed by atoms with E-state index in [0.29, 0.717) is 5.56 Å². The largest absolute Gasteiger partial charge is 0.394 e. The van der Waals surface area contributed by atoms with Crippen LogP contribution in [0.15, 0.2) is 17.1 Å². The van der Waals surface area contributed by atoms with Crippen LogP contribution in [0.25, 0.3) is 6.08 Å². The number of hydrogen-bond donors (Lipinski definition) is 4. The molecule has 1 aromatic rings. The van der Waals surface area contributed by atoms with Gasteiger partial charge in [-0.25, -0.2) is 4.79 Å². The van der Waals surface area contributed by atoms with Crippen molar-refractivity contribution in [2.75, 3.05) is 12.3 Å². The molecule has 8 heteroatoms. The summed E-state index contributed by atoms with van der Waals surface area (Å²) in [5, 5.41) is 28.9. The number of anilines is 1. The average molecular weight is 325 g/mol. The molecule has 2 heterocycles. The molecule has 1 aliphatic rings. The minimum absolute atomic E-state index is 0.0886. The number of nitrogens with zero attached hydrogens (tertiary/aromatic N) is 2. The summed E-state index contributed by atoms with van der Waals surface area (Å²) in [5.74, 6) is 0.0886. The highest BCUT2D eigenvalue weighted by Gasteiger charge is 2.43. The predicted molar refractivity (Wildman–Crippen MR) is 84.5 cm³/mol. The Bertz CT molecular complexity index is 616. The maximum absolute atomic E-state index is 12.0. The molecular formula is C15H23N3O5. The summed E-state index contributed by atoms with van der Waals surface area (Å²) >= 11 is 0. The van der Waals surface area contributed by atoms with Crippen molar-refractivity contribution in [1.82, 2.24) is 9.55 Å². The van der Waals surface area contributed by atoms with Crippen molar-refractivity contribution in [3.05, 3.63) is 28.3 Å². The molecule has 23 heavy (non-hydrogen) atoms. The van der Waals surface area contributed by atoms with Crippen LogP contribution in [-0.2, 0) is 4.74 Å². The number of hydrogen-bond acceptors (Lipinski definition) is 7. The molecule has 0 aromatic carbocycles. The molecule has 5 N–H and O–H groups in total. The van der Waals surface area contributed by atoms with E-state index < -0.39 is 36.8 Å². The van der Waals surface area contributed by atoms with Crippen LogP contribution in [0.2, 0.25) is 0 Å². The highest BCUT2D eigenvalue weighted by Crippen LogP contribution is 2.28. The van der Waals surface area contributed by atoms with Crippen LogP contribution < -0.4 is 11.4 Å². The third-order valence-corrected chi connectivity index (χ3v) is 3.82. The van der Waals surface area contributed by atoms with E-state index in [-0.39, 0.29) is 5.82 Å². The fourth-order valence-electron chi connectivity index (χ4n) is 2.45. The molecule has 2 rings (SSSR count). The first kappa shape index (κ1) is 17.6. The number of aliphatic hydroxyl groups excluding tert-OH is 3. The zero-order chi connectivity index (χ0) is 17.0. The van der Waals surface area contributed by atoms with E-state index in [0.717, 1.165) is 23.8 Å². The first-order valence-corrected chi connectivity index (χ1v) is 7.67. The molecule has 1 aliphatic heterocycles. The second kappa shape index (κ2) is 7.69. The first-order chi connectivity index (χ1) is 11.0. The third-order valence-electron chi connectivity index (χ3n) is 3.82. The van der Waals surface area contributed by atoms with Gasteiger partial charge in [-0.1, -0.05) is 31.9 Å². The van der Waals surface area contributed by atoms with Crippen LogP contribution in [0.1, 0.15) is 38.0 Å². The van der Waals surface area contributed by atoms with Crippen LogP contribution in [0.4, 0.5) is 5.82 Å². The predicted octanol–water partition coefficient (Wildman–Crippen LogP) is -0.360. The zero-order valence-corrected chi connectivity index (χ0v) is 13.0. The van der Waals surface area contributed by atoms with Gasteiger partial charge in [0, 0.05) is 11.8 Å². The van der Waals surface area contributed by atoms with Gasteiger partial charge in [-0.05, 0) is 6.42 Å². The molecular weight excluding hydrogens is 302 g/mol. The number of unbranched alkanes of at least 4 members (excludes halogenated alkanes) is 2. The summed E-state index contributed by atoms with van der Waals surface area (Å²) in [4.78, 5) is 15.7. The SMILES string of the molecule is CCCCC=Cc1cn([C@@H]2O[C@H](CO)C(O)C2O)c(=O)nc1N. The maximum atomic E-state index is 12.0. The van der Waals surface area contributed by atoms with E-state index in [4.69, 9.17) is 15.6 Å². The summed E-state index contributed by atoms with van der Waals surface area (Å²) < 4.78 is 6.43. The summed E-state index contributed by atoms with van der Waals surface area (Å²) in [6, 6.07) is 0. The third kappa shape index (κ3) is 3.78. The number of allylic oxidation sites excluding steroid dienone is 1. The summed E-state index contributed by atoms with van der Waals surface area (Å²) in [6.07, 6.45) is 3.42. The Morgan fingerprint density at radius 3 is 2.78 bits per heavy atom. The van der Waals surface area contributed by atoms with Gasteiger partial charge in [-0.3, -0.25) is 4.57 Å². The number of aliphatic hydroxyl groups is 3. The minimum atomic E-state index is -1.34. The maximum Gasteiger partial charge on any atom is 0.351 e. The van der Waals surface area contributed by atoms with Crippen LogP contribution in [0, 0.1) is 0 Å². The van der Waals surface area contributed by atoms with Crippen molar-refractivity contribution in [3.63, 3.8) is 0 Å². The molecule has 1 saturated heterocycles. The van der Waals surface area contributed by atoms with Gasteiger partial charge >= 0.3 is 5.69 Å². The van der Waals surface area contributed by atoms with Gasteiger partial charge in [0.2, 0.25) is 0 Å². The highest BCUT2D eigenvalue weighted by molar-refractivity contribution is 5.59. The standard InChI is InChI=1S/C15H23N3O5/c1-2-3-4-5-6-9-7-18(15(22)17-13(9)16)14-12(21)11(20)10(8-19)23-14/h5-7,10-12,14,19-21H,2-4,8H2,1H3,(H2,16,17,22)/t10-,11?,12?,14-/m1/s1. The molecule has 0 aliphatic carbocycles. The van der Waals surface area contributed by atoms with Crippen molar-refractivity contribution >= 4 is 11.9 Å². The Hall–Kier alpha value is -1.74. The zero-order valence-electron chi connectivity index (χ0n) is 13.0. The highest BCUT2D eigenvalue weighted by atomic mass is 16.6. The average Bonchev–Trinajstić information content (AvgIpc) is 2.81. The molecule has 1 aromatic heterocycles. The van der Waals surface area contributed by atoms with Crippen molar-refractivity contribution in [1.29, 1.82) is 0 Å². The van der Waals surface area contributed by atoms with Gasteiger partial charge in [0.15, 0.2) is 6.23 Å². The Labute approximate surface area is 133 Å². The van der Waals surface area contributed by atoms with Crippen molar-refractivity contribution in [2.24, 2.45) is 0 Å². The lowest BCUT2D eigenvalue weighted by Gasteiger charge is -2.18. The summed E-state index contributed by atoms with van der Waals surface area (Å²) in [5.41, 5.74) is 5.59. The molecule has 0 bridgehead atoms. The topological polar surface area (TPSA) is 131 Å². The van der Waals surface area contributed by atoms with Crippen molar-refractivity contribution in [2.45, 2.75) is 50.7 Å². The monoisotopic (exact) mass is 325 g/mol. The lowest BCUT2D eigenvalue weighted by Crippen LogP contribution is -2.36. The molecule has 0 saturated carbocycles. The molecule has 0 radical (unpaired) electrons. The molecule has 8 nitrogen and oxygen atoms in total. The Balaban J connectivity index is 2.29. The van der Waals surface area contributed by atoms with Crippen molar-refractivity contribution in [3.8, 4) is 0 Å². The fourth-order valence-corrected chi connectivity index (χ4v) is 2.45. The van der Waals surface area contributed by atoms with Crippen LogP contribution in [0.3, 0.4) is 0 Å². The second-order valence-corrected chi connectivity index (χ2v) is 5.54. The van der Waals surface area contributed by atoms with E-state index >= 15 is 0 Å². The molecule has 1 fully saturated rings. The number of ether oxygens (including phenoxy) is 1. The minimum Gasteiger partial charge on any atom is -0.394 e.